The second kappa shape index (κ2) is 6.46. The molecule has 1 aromatic rings. The first-order valence-corrected chi connectivity index (χ1v) is 7.93. The van der Waals surface area contributed by atoms with Crippen LogP contribution in [0, 0.1) is 5.82 Å². The lowest BCUT2D eigenvalue weighted by Gasteiger charge is -2.15. The summed E-state index contributed by atoms with van der Waals surface area (Å²) in [4.78, 5) is 20.2. The van der Waals surface area contributed by atoms with Gasteiger partial charge in [-0.15, -0.1) is 0 Å². The van der Waals surface area contributed by atoms with Gasteiger partial charge in [-0.25, -0.2) is 9.38 Å². The highest BCUT2D eigenvalue weighted by Crippen LogP contribution is 2.26. The summed E-state index contributed by atoms with van der Waals surface area (Å²) < 4.78 is 13.0. The monoisotopic (exact) mass is 314 g/mol. The van der Waals surface area contributed by atoms with E-state index in [9.17, 15) is 9.18 Å². The summed E-state index contributed by atoms with van der Waals surface area (Å²) >= 11 is 0. The third kappa shape index (κ3) is 3.40. The number of fused-ring (bicyclic) bond motifs is 1. The zero-order chi connectivity index (χ0) is 16.4. The van der Waals surface area contributed by atoms with E-state index in [-0.39, 0.29) is 11.7 Å². The normalized spacial score (nSPS) is 21.8. The van der Waals surface area contributed by atoms with Crippen molar-refractivity contribution in [2.45, 2.75) is 19.3 Å². The molecular formula is C18H21FN3O+. The van der Waals surface area contributed by atoms with Crippen molar-refractivity contribution < 1.29 is 14.1 Å². The van der Waals surface area contributed by atoms with Crippen molar-refractivity contribution in [1.82, 2.24) is 4.90 Å². The van der Waals surface area contributed by atoms with Crippen LogP contribution in [0.15, 0.2) is 46.7 Å². The minimum absolute atomic E-state index is 0.0640. The number of amidine groups is 1. The van der Waals surface area contributed by atoms with Gasteiger partial charge in [0.15, 0.2) is 0 Å². The van der Waals surface area contributed by atoms with E-state index in [1.807, 2.05) is 0 Å². The number of quaternary nitrogens is 1. The van der Waals surface area contributed by atoms with Crippen molar-refractivity contribution >= 4 is 17.8 Å². The van der Waals surface area contributed by atoms with Gasteiger partial charge in [0.05, 0.1) is 14.1 Å². The van der Waals surface area contributed by atoms with Crippen molar-refractivity contribution in [3.63, 3.8) is 0 Å². The number of hydrogen-bond acceptors (Lipinski definition) is 2. The van der Waals surface area contributed by atoms with Gasteiger partial charge in [-0.2, -0.15) is 0 Å². The molecule has 23 heavy (non-hydrogen) atoms. The van der Waals surface area contributed by atoms with Crippen LogP contribution in [0.25, 0.3) is 6.08 Å². The van der Waals surface area contributed by atoms with Crippen molar-refractivity contribution in [3.8, 4) is 0 Å². The van der Waals surface area contributed by atoms with Gasteiger partial charge in [0.1, 0.15) is 23.5 Å². The third-order valence-electron chi connectivity index (χ3n) is 3.95. The van der Waals surface area contributed by atoms with Gasteiger partial charge in [0, 0.05) is 12.1 Å². The Balaban J connectivity index is 1.98. The number of amides is 1. The number of carbonyl (C=O) groups excluding carboxylic acids is 1. The summed E-state index contributed by atoms with van der Waals surface area (Å²) in [5, 5.41) is 0. The van der Waals surface area contributed by atoms with E-state index >= 15 is 0 Å². The smallest absolute Gasteiger partial charge is 0.278 e. The molecule has 2 aliphatic rings. The highest BCUT2D eigenvalue weighted by Gasteiger charge is 2.33. The SMILES string of the molecule is C[NH+](C)/C=C1/CCCCN2C(=O)/C(=C\c3ccc(F)cc3)N=C12. The quantitative estimate of drug-likeness (QED) is 0.828. The molecule has 2 heterocycles. The molecule has 1 N–H and O–H groups in total. The van der Waals surface area contributed by atoms with Gasteiger partial charge in [-0.1, -0.05) is 12.1 Å². The summed E-state index contributed by atoms with van der Waals surface area (Å²) in [6.07, 6.45) is 6.83. The topological polar surface area (TPSA) is 37.1 Å². The Morgan fingerprint density at radius 3 is 2.65 bits per heavy atom. The highest BCUT2D eigenvalue weighted by molar-refractivity contribution is 6.19. The minimum atomic E-state index is -0.288. The van der Waals surface area contributed by atoms with Crippen molar-refractivity contribution in [2.75, 3.05) is 20.6 Å². The average Bonchev–Trinajstić information content (AvgIpc) is 2.68. The zero-order valence-corrected chi connectivity index (χ0v) is 13.5. The van der Waals surface area contributed by atoms with Crippen LogP contribution in [0.1, 0.15) is 24.8 Å². The fourth-order valence-electron chi connectivity index (χ4n) is 2.90. The Kier molecular flexibility index (Phi) is 4.39. The Hall–Kier alpha value is -2.27. The van der Waals surface area contributed by atoms with Crippen molar-refractivity contribution in [3.05, 3.63) is 53.1 Å². The third-order valence-corrected chi connectivity index (χ3v) is 3.95. The van der Waals surface area contributed by atoms with Crippen LogP contribution in [0.3, 0.4) is 0 Å². The summed E-state index contributed by atoms with van der Waals surface area (Å²) in [5.74, 6) is 0.428. The molecule has 0 bridgehead atoms. The molecule has 4 nitrogen and oxygen atoms in total. The van der Waals surface area contributed by atoms with Crippen molar-refractivity contribution in [1.29, 1.82) is 0 Å². The van der Waals surface area contributed by atoms with Gasteiger partial charge >= 0.3 is 0 Å². The van der Waals surface area contributed by atoms with E-state index in [4.69, 9.17) is 0 Å². The fraction of sp³-hybridized carbons (Fsp3) is 0.333. The van der Waals surface area contributed by atoms with Crippen LogP contribution < -0.4 is 4.90 Å². The molecule has 0 aliphatic carbocycles. The molecule has 2 aliphatic heterocycles. The maximum atomic E-state index is 13.0. The first-order chi connectivity index (χ1) is 11.0. The number of aliphatic imine (C=N–C) groups is 1. The van der Waals surface area contributed by atoms with E-state index in [0.717, 1.165) is 36.2 Å². The number of rotatable bonds is 2. The summed E-state index contributed by atoms with van der Waals surface area (Å²) in [6.45, 7) is 0.707. The van der Waals surface area contributed by atoms with Crippen molar-refractivity contribution in [2.24, 2.45) is 4.99 Å². The molecule has 1 amide bonds. The molecule has 1 fully saturated rings. The molecular weight excluding hydrogens is 293 g/mol. The van der Waals surface area contributed by atoms with Gasteiger partial charge in [-0.3, -0.25) is 9.69 Å². The predicted octanol–water partition coefficient (Wildman–Crippen LogP) is 1.62. The predicted molar refractivity (Wildman–Crippen MR) is 88.3 cm³/mol. The van der Waals surface area contributed by atoms with E-state index in [2.05, 4.69) is 25.3 Å². The number of carbonyl (C=O) groups is 1. The van der Waals surface area contributed by atoms with E-state index in [1.165, 1.54) is 17.0 Å². The molecule has 1 aromatic carbocycles. The largest absolute Gasteiger partial charge is 0.313 e. The molecule has 5 heteroatoms. The lowest BCUT2D eigenvalue weighted by atomic mass is 10.1. The second-order valence-electron chi connectivity index (χ2n) is 6.18. The number of benzene rings is 1. The molecule has 3 rings (SSSR count). The molecule has 0 saturated carbocycles. The minimum Gasteiger partial charge on any atom is -0.313 e. The van der Waals surface area contributed by atoms with Crippen LogP contribution in [0.4, 0.5) is 4.39 Å². The van der Waals surface area contributed by atoms with Gasteiger partial charge < -0.3 is 4.90 Å². The zero-order valence-electron chi connectivity index (χ0n) is 13.5. The second-order valence-corrected chi connectivity index (χ2v) is 6.18. The number of halogens is 1. The summed E-state index contributed by atoms with van der Waals surface area (Å²) in [5.41, 5.74) is 2.33. The van der Waals surface area contributed by atoms with Crippen LogP contribution in [0.2, 0.25) is 0 Å². The van der Waals surface area contributed by atoms with E-state index < -0.39 is 0 Å². The maximum absolute atomic E-state index is 13.0. The highest BCUT2D eigenvalue weighted by atomic mass is 19.1. The molecule has 0 atom stereocenters. The standard InChI is InChI=1S/C18H20FN3O/c1-21(2)12-14-5-3-4-10-22-17(14)20-16(18(22)23)11-13-6-8-15(19)9-7-13/h6-9,11-12H,3-5,10H2,1-2H3/p+1/b14-12-,16-11+. The Bertz CT molecular complexity index is 701. The maximum Gasteiger partial charge on any atom is 0.278 e. The van der Waals surface area contributed by atoms with Gasteiger partial charge in [-0.05, 0) is 43.0 Å². The molecule has 1 saturated heterocycles. The fourth-order valence-corrected chi connectivity index (χ4v) is 2.90. The summed E-state index contributed by atoms with van der Waals surface area (Å²) in [6, 6.07) is 6.08. The summed E-state index contributed by atoms with van der Waals surface area (Å²) in [7, 11) is 4.10. The first-order valence-electron chi connectivity index (χ1n) is 7.93. The number of hydrogen-bond donors (Lipinski definition) is 1. The van der Waals surface area contributed by atoms with E-state index in [1.54, 1.807) is 23.1 Å². The van der Waals surface area contributed by atoms with Crippen LogP contribution in [-0.4, -0.2) is 37.3 Å². The number of nitrogens with one attached hydrogen (secondary N) is 1. The van der Waals surface area contributed by atoms with Crippen LogP contribution >= 0.6 is 0 Å². The average molecular weight is 314 g/mol. The lowest BCUT2D eigenvalue weighted by molar-refractivity contribution is -0.801. The Morgan fingerprint density at radius 1 is 1.22 bits per heavy atom. The molecule has 120 valence electrons. The first kappa shape index (κ1) is 15.6. The van der Waals surface area contributed by atoms with Crippen LogP contribution in [0.5, 0.6) is 0 Å². The molecule has 0 unspecified atom stereocenters. The van der Waals surface area contributed by atoms with E-state index in [0.29, 0.717) is 12.2 Å². The van der Waals surface area contributed by atoms with Gasteiger partial charge in [0.25, 0.3) is 5.91 Å². The lowest BCUT2D eigenvalue weighted by Crippen LogP contribution is -3.00. The Labute approximate surface area is 135 Å². The Morgan fingerprint density at radius 2 is 1.96 bits per heavy atom. The molecule has 0 radical (unpaired) electrons. The van der Waals surface area contributed by atoms with Gasteiger partial charge in [0.2, 0.25) is 0 Å². The molecule has 0 aromatic heterocycles. The van der Waals surface area contributed by atoms with Crippen LogP contribution in [-0.2, 0) is 4.79 Å². The number of nitrogens with zero attached hydrogens (tertiary/aromatic N) is 2. The molecule has 0 spiro atoms.